The fourth-order valence-electron chi connectivity index (χ4n) is 3.09. The zero-order valence-electron chi connectivity index (χ0n) is 15.1. The number of rotatable bonds is 4. The summed E-state index contributed by atoms with van der Waals surface area (Å²) in [5.74, 6) is -0.132. The minimum atomic E-state index is -3.94. The van der Waals surface area contributed by atoms with Crippen molar-refractivity contribution in [1.29, 1.82) is 0 Å². The number of sulfonamides is 1. The highest BCUT2D eigenvalue weighted by atomic mass is 35.5. The monoisotopic (exact) mass is 473 g/mol. The van der Waals surface area contributed by atoms with E-state index in [0.29, 0.717) is 22.8 Å². The van der Waals surface area contributed by atoms with Crippen LogP contribution in [0.3, 0.4) is 0 Å². The number of guanidine groups is 1. The number of hydrogen-bond acceptors (Lipinski definition) is 6. The van der Waals surface area contributed by atoms with Crippen molar-refractivity contribution in [3.8, 4) is 0 Å². The van der Waals surface area contributed by atoms with E-state index in [0.717, 1.165) is 17.5 Å². The maximum Gasteiger partial charge on any atom is 0.283 e. The molecule has 1 aliphatic rings. The molecule has 29 heavy (non-hydrogen) atoms. The Labute approximate surface area is 182 Å². The van der Waals surface area contributed by atoms with Crippen LogP contribution in [0.1, 0.15) is 17.5 Å². The van der Waals surface area contributed by atoms with E-state index in [4.69, 9.17) is 23.1 Å². The van der Waals surface area contributed by atoms with Crippen LogP contribution in [-0.4, -0.2) is 36.5 Å². The van der Waals surface area contributed by atoms with E-state index < -0.39 is 10.0 Å². The Hall–Kier alpha value is -2.34. The van der Waals surface area contributed by atoms with Gasteiger partial charge in [0.05, 0.1) is 11.4 Å². The fourth-order valence-corrected chi connectivity index (χ4v) is 5.68. The average Bonchev–Trinajstić information content (AvgIpc) is 3.32. The van der Waals surface area contributed by atoms with Crippen molar-refractivity contribution < 1.29 is 8.42 Å². The first-order chi connectivity index (χ1) is 13.3. The molecule has 0 bridgehead atoms. The third-order valence-electron chi connectivity index (χ3n) is 4.47. The van der Waals surface area contributed by atoms with Gasteiger partial charge in [-0.15, -0.1) is 28.8 Å². The predicted octanol–water partition coefficient (Wildman–Crippen LogP) is 2.22. The van der Waals surface area contributed by atoms with Gasteiger partial charge in [0.25, 0.3) is 10.0 Å². The average molecular weight is 474 g/mol. The van der Waals surface area contributed by atoms with Gasteiger partial charge in [0.2, 0.25) is 5.96 Å². The van der Waals surface area contributed by atoms with E-state index in [2.05, 4.69) is 15.2 Å². The molecule has 0 radical (unpaired) electrons. The molecule has 0 amide bonds. The number of aryl methyl sites for hydroxylation is 1. The van der Waals surface area contributed by atoms with Gasteiger partial charge in [-0.3, -0.25) is 8.71 Å². The van der Waals surface area contributed by atoms with Gasteiger partial charge < -0.3 is 11.5 Å². The molecule has 13 heteroatoms. The van der Waals surface area contributed by atoms with Gasteiger partial charge in [-0.05, 0) is 30.5 Å². The first-order valence-corrected chi connectivity index (χ1v) is 10.9. The van der Waals surface area contributed by atoms with Gasteiger partial charge in [-0.25, -0.2) is 4.98 Å². The Morgan fingerprint density at radius 2 is 2.10 bits per heavy atom. The van der Waals surface area contributed by atoms with Gasteiger partial charge >= 0.3 is 0 Å². The molecule has 154 valence electrons. The van der Waals surface area contributed by atoms with E-state index in [9.17, 15) is 8.42 Å². The van der Waals surface area contributed by atoms with E-state index in [1.54, 1.807) is 23.7 Å². The molecule has 0 aliphatic heterocycles. The molecule has 0 spiro atoms. The van der Waals surface area contributed by atoms with Gasteiger partial charge in [-0.1, -0.05) is 17.7 Å². The second-order valence-corrected chi connectivity index (χ2v) is 9.26. The number of aromatic nitrogens is 2. The Morgan fingerprint density at radius 3 is 2.83 bits per heavy atom. The molecule has 1 aliphatic carbocycles. The Morgan fingerprint density at radius 1 is 1.34 bits per heavy atom. The minimum absolute atomic E-state index is 0. The minimum Gasteiger partial charge on any atom is -0.369 e. The summed E-state index contributed by atoms with van der Waals surface area (Å²) in [7, 11) is -2.46. The lowest BCUT2D eigenvalue weighted by atomic mass is 10.1. The van der Waals surface area contributed by atoms with Crippen molar-refractivity contribution in [2.75, 3.05) is 11.4 Å². The first-order valence-electron chi connectivity index (χ1n) is 8.18. The molecule has 0 saturated carbocycles. The van der Waals surface area contributed by atoms with Crippen LogP contribution in [0.5, 0.6) is 0 Å². The van der Waals surface area contributed by atoms with Crippen molar-refractivity contribution in [2.24, 2.45) is 21.7 Å². The van der Waals surface area contributed by atoms with Crippen molar-refractivity contribution in [2.45, 2.75) is 17.9 Å². The molecule has 2 aromatic heterocycles. The SMILES string of the molecule is CN(c1ccc2c(c1)/C(=N\N=C(N)N)CC2)S(=O)(=O)c1c(Cl)nc2sccn12.Cl. The maximum atomic E-state index is 13.2. The van der Waals surface area contributed by atoms with Crippen molar-refractivity contribution in [3.05, 3.63) is 46.1 Å². The summed E-state index contributed by atoms with van der Waals surface area (Å²) >= 11 is 7.43. The molecule has 0 saturated heterocycles. The van der Waals surface area contributed by atoms with E-state index in [1.165, 1.54) is 27.1 Å². The Balaban J connectivity index is 0.00000240. The van der Waals surface area contributed by atoms with Crippen LogP contribution in [-0.2, 0) is 16.4 Å². The van der Waals surface area contributed by atoms with Crippen LogP contribution >= 0.6 is 35.3 Å². The number of nitrogens with zero attached hydrogens (tertiary/aromatic N) is 5. The summed E-state index contributed by atoms with van der Waals surface area (Å²) < 4.78 is 29.1. The molecular weight excluding hydrogens is 457 g/mol. The highest BCUT2D eigenvalue weighted by molar-refractivity contribution is 7.92. The predicted molar refractivity (Wildman–Crippen MR) is 118 cm³/mol. The van der Waals surface area contributed by atoms with E-state index >= 15 is 0 Å². The summed E-state index contributed by atoms with van der Waals surface area (Å²) in [5, 5.41) is 9.41. The number of anilines is 1. The van der Waals surface area contributed by atoms with E-state index in [-0.39, 0.29) is 28.5 Å². The van der Waals surface area contributed by atoms with Crippen molar-refractivity contribution >= 4 is 67.7 Å². The summed E-state index contributed by atoms with van der Waals surface area (Å²) in [5.41, 5.74) is 13.7. The lowest BCUT2D eigenvalue weighted by Crippen LogP contribution is -2.28. The number of imidazole rings is 1. The Bertz CT molecular complexity index is 1240. The molecule has 0 atom stereocenters. The zero-order chi connectivity index (χ0) is 20.1. The highest BCUT2D eigenvalue weighted by Crippen LogP contribution is 2.32. The second kappa shape index (κ2) is 7.82. The van der Waals surface area contributed by atoms with Crippen LogP contribution < -0.4 is 15.8 Å². The quantitative estimate of drug-likeness (QED) is 0.340. The molecule has 4 rings (SSSR count). The molecule has 9 nitrogen and oxygen atoms in total. The van der Waals surface area contributed by atoms with Crippen LogP contribution in [0, 0.1) is 0 Å². The number of fused-ring (bicyclic) bond motifs is 2. The van der Waals surface area contributed by atoms with Gasteiger partial charge in [0, 0.05) is 24.2 Å². The lowest BCUT2D eigenvalue weighted by Gasteiger charge is -2.20. The summed E-state index contributed by atoms with van der Waals surface area (Å²) in [4.78, 5) is 4.62. The number of benzene rings is 1. The largest absolute Gasteiger partial charge is 0.369 e. The highest BCUT2D eigenvalue weighted by Gasteiger charge is 2.30. The molecule has 1 aromatic carbocycles. The van der Waals surface area contributed by atoms with Crippen LogP contribution in [0.15, 0.2) is 45.0 Å². The van der Waals surface area contributed by atoms with Crippen LogP contribution in [0.25, 0.3) is 4.96 Å². The van der Waals surface area contributed by atoms with E-state index in [1.807, 2.05) is 6.07 Å². The first kappa shape index (κ1) is 21.4. The van der Waals surface area contributed by atoms with Gasteiger partial charge in [-0.2, -0.15) is 13.5 Å². The summed E-state index contributed by atoms with van der Waals surface area (Å²) in [6.07, 6.45) is 3.09. The molecule has 0 unspecified atom stereocenters. The topological polar surface area (TPSA) is 131 Å². The number of nitrogens with two attached hydrogens (primary N) is 2. The normalized spacial score (nSPS) is 14.6. The third-order valence-corrected chi connectivity index (χ3v) is 7.41. The molecular formula is C16H17Cl2N7O2S2. The van der Waals surface area contributed by atoms with Crippen molar-refractivity contribution in [3.63, 3.8) is 0 Å². The fraction of sp³-hybridized carbons (Fsp3) is 0.188. The third kappa shape index (κ3) is 3.66. The maximum absolute atomic E-state index is 13.2. The number of halogens is 2. The molecule has 3 aromatic rings. The summed E-state index contributed by atoms with van der Waals surface area (Å²) in [6, 6.07) is 5.40. The van der Waals surface area contributed by atoms with Crippen molar-refractivity contribution in [1.82, 2.24) is 9.38 Å². The standard InChI is InChI=1S/C16H16ClN7O2S2.ClH/c1-23(28(25,26)14-13(17)20-16-24(14)6-7-27-16)10-4-2-9-3-5-12(11(9)8-10)21-22-15(18)19;/h2,4,6-8H,3,5H2,1H3,(H4,18,19,22);1H/b21-12-;. The van der Waals surface area contributed by atoms with Gasteiger partial charge in [0.1, 0.15) is 0 Å². The Kier molecular flexibility index (Phi) is 5.77. The smallest absolute Gasteiger partial charge is 0.283 e. The second-order valence-electron chi connectivity index (χ2n) is 6.15. The summed E-state index contributed by atoms with van der Waals surface area (Å²) in [6.45, 7) is 0. The molecule has 0 fully saturated rings. The zero-order valence-corrected chi connectivity index (χ0v) is 18.3. The number of thiazole rings is 1. The lowest BCUT2D eigenvalue weighted by molar-refractivity contribution is 0.590. The molecule has 4 N–H and O–H groups in total. The number of hydrogen-bond donors (Lipinski definition) is 2. The molecule has 2 heterocycles. The van der Waals surface area contributed by atoms with Gasteiger partial charge in [0.15, 0.2) is 15.1 Å². The van der Waals surface area contributed by atoms with Crippen LogP contribution in [0.2, 0.25) is 5.15 Å². The van der Waals surface area contributed by atoms with Crippen LogP contribution in [0.4, 0.5) is 5.69 Å².